The van der Waals surface area contributed by atoms with Crippen molar-refractivity contribution < 1.29 is 32.4 Å². The minimum atomic E-state index is -4.57. The van der Waals surface area contributed by atoms with E-state index in [4.69, 9.17) is 26.0 Å². The number of alkyl halides is 3. The van der Waals surface area contributed by atoms with Crippen molar-refractivity contribution in [1.82, 2.24) is 0 Å². The number of hydrogen-bond acceptors (Lipinski definition) is 6. The summed E-state index contributed by atoms with van der Waals surface area (Å²) in [6, 6.07) is 8.23. The summed E-state index contributed by atoms with van der Waals surface area (Å²) in [6.45, 7) is 1.63. The Morgan fingerprint density at radius 1 is 1.20 bits per heavy atom. The summed E-state index contributed by atoms with van der Waals surface area (Å²) in [7, 11) is 2.48. The number of rotatable bonds is 7. The molecule has 0 aliphatic carbocycles. The zero-order valence-corrected chi connectivity index (χ0v) is 17.0. The van der Waals surface area contributed by atoms with Crippen molar-refractivity contribution in [1.29, 1.82) is 0 Å². The second-order valence-corrected chi connectivity index (χ2v) is 6.39. The van der Waals surface area contributed by atoms with Crippen molar-refractivity contribution in [3.8, 4) is 0 Å². The minimum absolute atomic E-state index is 0.0829. The molecule has 6 nitrogen and oxygen atoms in total. The van der Waals surface area contributed by atoms with Gasteiger partial charge in [0.05, 0.1) is 18.9 Å². The van der Waals surface area contributed by atoms with Gasteiger partial charge in [0.2, 0.25) is 0 Å². The van der Waals surface area contributed by atoms with Gasteiger partial charge in [-0.2, -0.15) is 13.2 Å². The van der Waals surface area contributed by atoms with Gasteiger partial charge in [0.1, 0.15) is 13.7 Å². The molecule has 0 saturated heterocycles. The van der Waals surface area contributed by atoms with Crippen molar-refractivity contribution >= 4 is 29.5 Å². The van der Waals surface area contributed by atoms with E-state index in [-0.39, 0.29) is 22.9 Å². The van der Waals surface area contributed by atoms with Crippen LogP contribution in [0.25, 0.3) is 0 Å². The number of benzene rings is 2. The number of esters is 1. The van der Waals surface area contributed by atoms with Crippen molar-refractivity contribution in [3.05, 3.63) is 69.2 Å². The molecule has 0 N–H and O–H groups in total. The van der Waals surface area contributed by atoms with Gasteiger partial charge in [0.15, 0.2) is 5.71 Å². The third-order valence-corrected chi connectivity index (χ3v) is 4.26. The zero-order valence-electron chi connectivity index (χ0n) is 16.3. The molecular weight excluding hydrogens is 425 g/mol. The van der Waals surface area contributed by atoms with E-state index >= 15 is 0 Å². The molecule has 10 heteroatoms. The maximum atomic E-state index is 13.1. The predicted octanol–water partition coefficient (Wildman–Crippen LogP) is 4.74. The fourth-order valence-electron chi connectivity index (χ4n) is 2.59. The highest BCUT2D eigenvalue weighted by Crippen LogP contribution is 2.32. The molecule has 160 valence electrons. The van der Waals surface area contributed by atoms with E-state index in [0.29, 0.717) is 11.1 Å². The maximum Gasteiger partial charge on any atom is 0.417 e. The fourth-order valence-corrected chi connectivity index (χ4v) is 2.78. The number of carbonyl (C=O) groups excluding carboxylic acids is 1. The number of halogens is 4. The van der Waals surface area contributed by atoms with Crippen LogP contribution in [0.1, 0.15) is 27.8 Å². The average molecular weight is 443 g/mol. The monoisotopic (exact) mass is 442 g/mol. The number of nitrogens with zero attached hydrogens (tertiary/aromatic N) is 2. The smallest absolute Gasteiger partial charge is 0.417 e. The highest BCUT2D eigenvalue weighted by atomic mass is 35.5. The van der Waals surface area contributed by atoms with Crippen LogP contribution >= 0.6 is 11.6 Å². The van der Waals surface area contributed by atoms with Crippen LogP contribution < -0.4 is 0 Å². The third-order valence-electron chi connectivity index (χ3n) is 4.02. The van der Waals surface area contributed by atoms with Gasteiger partial charge in [-0.3, -0.25) is 0 Å². The molecule has 0 aliphatic heterocycles. The predicted molar refractivity (Wildman–Crippen MR) is 106 cm³/mol. The summed E-state index contributed by atoms with van der Waals surface area (Å²) in [5, 5.41) is 7.46. The van der Waals surface area contributed by atoms with Crippen LogP contribution in [-0.2, 0) is 32.0 Å². The normalized spacial score (nSPS) is 12.2. The maximum absolute atomic E-state index is 13.1. The Bertz CT molecular complexity index is 975. The van der Waals surface area contributed by atoms with Crippen LogP contribution in [0.2, 0.25) is 5.02 Å². The number of oxime groups is 2. The zero-order chi connectivity index (χ0) is 22.3. The molecule has 2 aromatic carbocycles. The molecule has 0 unspecified atom stereocenters. The van der Waals surface area contributed by atoms with Gasteiger partial charge in [-0.05, 0) is 30.7 Å². The Hall–Kier alpha value is -3.07. The number of hydrogen-bond donors (Lipinski definition) is 0. The van der Waals surface area contributed by atoms with E-state index in [0.717, 1.165) is 30.0 Å². The van der Waals surface area contributed by atoms with E-state index in [2.05, 4.69) is 10.3 Å². The molecule has 2 rings (SSSR count). The number of methoxy groups -OCH3 is 1. The first-order valence-corrected chi connectivity index (χ1v) is 8.87. The second kappa shape index (κ2) is 10.1. The van der Waals surface area contributed by atoms with E-state index in [1.54, 1.807) is 25.1 Å². The van der Waals surface area contributed by atoms with Crippen molar-refractivity contribution in [2.75, 3.05) is 14.2 Å². The quantitative estimate of drug-likeness (QED) is 0.353. The first-order valence-electron chi connectivity index (χ1n) is 8.49. The molecule has 0 heterocycles. The van der Waals surface area contributed by atoms with Crippen LogP contribution in [0.3, 0.4) is 0 Å². The van der Waals surface area contributed by atoms with E-state index in [9.17, 15) is 18.0 Å². The highest BCUT2D eigenvalue weighted by molar-refractivity contribution is 6.43. The lowest BCUT2D eigenvalue weighted by atomic mass is 9.99. The molecule has 0 aromatic heterocycles. The summed E-state index contributed by atoms with van der Waals surface area (Å²) in [5.74, 6) is -0.721. The fraction of sp³-hybridized carbons (Fsp3) is 0.250. The summed E-state index contributed by atoms with van der Waals surface area (Å²) < 4.78 is 44.1. The first-order chi connectivity index (χ1) is 14.2. The molecule has 0 atom stereocenters. The lowest BCUT2D eigenvalue weighted by Crippen LogP contribution is -2.20. The highest BCUT2D eigenvalue weighted by Gasteiger charge is 2.33. The van der Waals surface area contributed by atoms with E-state index in [1.165, 1.54) is 14.2 Å². The Balaban J connectivity index is 2.29. The number of ether oxygens (including phenoxy) is 1. The Morgan fingerprint density at radius 2 is 1.93 bits per heavy atom. The molecule has 0 radical (unpaired) electrons. The summed E-state index contributed by atoms with van der Waals surface area (Å²) in [5.41, 5.74) is 0.456. The van der Waals surface area contributed by atoms with Gasteiger partial charge in [0, 0.05) is 21.7 Å². The third kappa shape index (κ3) is 5.73. The van der Waals surface area contributed by atoms with Gasteiger partial charge in [-0.25, -0.2) is 4.79 Å². The van der Waals surface area contributed by atoms with Gasteiger partial charge >= 0.3 is 12.1 Å². The van der Waals surface area contributed by atoms with Gasteiger partial charge in [0.25, 0.3) is 0 Å². The summed E-state index contributed by atoms with van der Waals surface area (Å²) in [6.07, 6.45) is -3.64. The van der Waals surface area contributed by atoms with Crippen LogP contribution in [-0.4, -0.2) is 32.1 Å². The molecule has 0 aliphatic rings. The molecule has 0 spiro atoms. The minimum Gasteiger partial charge on any atom is -0.464 e. The van der Waals surface area contributed by atoms with E-state index in [1.807, 2.05) is 0 Å². The van der Waals surface area contributed by atoms with Crippen molar-refractivity contribution in [2.24, 2.45) is 10.3 Å². The molecule has 30 heavy (non-hydrogen) atoms. The van der Waals surface area contributed by atoms with Gasteiger partial charge in [-0.1, -0.05) is 40.1 Å². The first kappa shape index (κ1) is 23.2. The molecule has 0 fully saturated rings. The van der Waals surface area contributed by atoms with Crippen LogP contribution in [0, 0.1) is 6.92 Å². The van der Waals surface area contributed by atoms with E-state index < -0.39 is 17.7 Å². The molecule has 0 amide bonds. The number of aryl methyl sites for hydroxylation is 1. The lowest BCUT2D eigenvalue weighted by molar-refractivity contribution is -0.137. The van der Waals surface area contributed by atoms with Crippen LogP contribution in [0.5, 0.6) is 0 Å². The molecule has 2 aromatic rings. The molecular formula is C20H18ClF3N2O4. The summed E-state index contributed by atoms with van der Waals surface area (Å²) in [4.78, 5) is 21.9. The topological polar surface area (TPSA) is 69.5 Å². The van der Waals surface area contributed by atoms with Crippen molar-refractivity contribution in [2.45, 2.75) is 19.7 Å². The molecule has 0 saturated carbocycles. The SMILES string of the molecule is CO/N=C(/C(=O)OC)c1cccc(C)c1CO/N=C/c1cc(Cl)ccc1C(F)(F)F. The Labute approximate surface area is 175 Å². The average Bonchev–Trinajstić information content (AvgIpc) is 2.69. The summed E-state index contributed by atoms with van der Waals surface area (Å²) >= 11 is 5.79. The molecule has 0 bridgehead atoms. The standard InChI is InChI=1S/C20H18ClF3N2O4/c1-12-5-4-6-15(18(26-29-3)19(27)28-2)16(12)11-30-25-10-13-9-14(21)7-8-17(13)20(22,23)24/h4-10H,11H2,1-3H3/b25-10+,26-18+. The number of carbonyl (C=O) groups is 1. The van der Waals surface area contributed by atoms with Crippen LogP contribution in [0.4, 0.5) is 13.2 Å². The van der Waals surface area contributed by atoms with Gasteiger partial charge in [-0.15, -0.1) is 0 Å². The largest absolute Gasteiger partial charge is 0.464 e. The van der Waals surface area contributed by atoms with Gasteiger partial charge < -0.3 is 14.4 Å². The Morgan fingerprint density at radius 3 is 2.57 bits per heavy atom. The Kier molecular flexibility index (Phi) is 7.82. The lowest BCUT2D eigenvalue weighted by Gasteiger charge is -2.12. The second-order valence-electron chi connectivity index (χ2n) is 5.95. The van der Waals surface area contributed by atoms with Crippen molar-refractivity contribution in [3.63, 3.8) is 0 Å². The van der Waals surface area contributed by atoms with Crippen LogP contribution in [0.15, 0.2) is 46.7 Å².